The summed E-state index contributed by atoms with van der Waals surface area (Å²) < 4.78 is 10.8. The highest BCUT2D eigenvalue weighted by atomic mass is 16.5. The largest absolute Gasteiger partial charge is 0.503 e. The summed E-state index contributed by atoms with van der Waals surface area (Å²) in [6, 6.07) is 22.9. The van der Waals surface area contributed by atoms with Crippen molar-refractivity contribution in [2.75, 3.05) is 14.2 Å². The third-order valence-corrected chi connectivity index (χ3v) is 6.16. The van der Waals surface area contributed by atoms with E-state index in [0.29, 0.717) is 29.5 Å². The van der Waals surface area contributed by atoms with Crippen molar-refractivity contribution in [3.8, 4) is 11.5 Å². The Kier molecular flexibility index (Phi) is 6.40. The van der Waals surface area contributed by atoms with Crippen molar-refractivity contribution in [1.29, 1.82) is 0 Å². The molecular formula is C28H29NO4. The predicted octanol–water partition coefficient (Wildman–Crippen LogP) is 5.88. The predicted molar refractivity (Wildman–Crippen MR) is 129 cm³/mol. The molecule has 1 atom stereocenters. The van der Waals surface area contributed by atoms with Crippen molar-refractivity contribution in [1.82, 2.24) is 4.90 Å². The first-order valence-electron chi connectivity index (χ1n) is 11.0. The summed E-state index contributed by atoms with van der Waals surface area (Å²) in [6.07, 6.45) is 0. The number of aliphatic hydroxyl groups is 1. The van der Waals surface area contributed by atoms with Crippen molar-refractivity contribution in [2.24, 2.45) is 0 Å². The molecule has 5 nitrogen and oxygen atoms in total. The molecule has 0 radical (unpaired) electrons. The SMILES string of the molecule is COc1ccc(C2=C(O)C(=O)N(Cc3ccccc3OC)C2c2ccc(C(C)C)cc2)cc1. The summed E-state index contributed by atoms with van der Waals surface area (Å²) in [5.41, 5.74) is 4.41. The number of hydrogen-bond acceptors (Lipinski definition) is 4. The van der Waals surface area contributed by atoms with Crippen LogP contribution < -0.4 is 9.47 Å². The van der Waals surface area contributed by atoms with Gasteiger partial charge in [-0.25, -0.2) is 0 Å². The average molecular weight is 444 g/mol. The number of hydrogen-bond donors (Lipinski definition) is 1. The molecule has 1 N–H and O–H groups in total. The van der Waals surface area contributed by atoms with Gasteiger partial charge in [0.2, 0.25) is 0 Å². The van der Waals surface area contributed by atoms with Gasteiger partial charge in [0.05, 0.1) is 26.8 Å². The Morgan fingerprint density at radius 1 is 0.909 bits per heavy atom. The third kappa shape index (κ3) is 4.31. The molecule has 3 aromatic rings. The highest BCUT2D eigenvalue weighted by molar-refractivity contribution is 6.05. The van der Waals surface area contributed by atoms with Crippen molar-refractivity contribution in [3.63, 3.8) is 0 Å². The van der Waals surface area contributed by atoms with Crippen molar-refractivity contribution >= 4 is 11.5 Å². The zero-order valence-corrected chi connectivity index (χ0v) is 19.4. The van der Waals surface area contributed by atoms with Gasteiger partial charge in [-0.1, -0.05) is 68.4 Å². The number of para-hydroxylation sites is 1. The van der Waals surface area contributed by atoms with Gasteiger partial charge < -0.3 is 19.5 Å². The van der Waals surface area contributed by atoms with Gasteiger partial charge in [-0.3, -0.25) is 4.79 Å². The first-order chi connectivity index (χ1) is 15.9. The lowest BCUT2D eigenvalue weighted by Crippen LogP contribution is -2.30. The van der Waals surface area contributed by atoms with Crippen LogP contribution in [0.3, 0.4) is 0 Å². The van der Waals surface area contributed by atoms with E-state index >= 15 is 0 Å². The van der Waals surface area contributed by atoms with E-state index in [0.717, 1.165) is 16.7 Å². The van der Waals surface area contributed by atoms with Gasteiger partial charge in [-0.05, 0) is 40.8 Å². The number of methoxy groups -OCH3 is 2. The molecule has 1 aliphatic rings. The fraction of sp³-hybridized carbons (Fsp3) is 0.250. The number of rotatable bonds is 7. The van der Waals surface area contributed by atoms with E-state index in [-0.39, 0.29) is 5.76 Å². The molecule has 0 fully saturated rings. The minimum atomic E-state index is -0.433. The topological polar surface area (TPSA) is 59.0 Å². The molecule has 0 aliphatic carbocycles. The Hall–Kier alpha value is -3.73. The van der Waals surface area contributed by atoms with E-state index < -0.39 is 11.9 Å². The second-order valence-electron chi connectivity index (χ2n) is 8.46. The molecule has 1 unspecified atom stereocenters. The van der Waals surface area contributed by atoms with Crippen LogP contribution in [0.15, 0.2) is 78.6 Å². The normalized spacial score (nSPS) is 16.0. The lowest BCUT2D eigenvalue weighted by atomic mass is 9.91. The fourth-order valence-electron chi connectivity index (χ4n) is 4.31. The van der Waals surface area contributed by atoms with Crippen LogP contribution in [0.25, 0.3) is 5.57 Å². The second-order valence-corrected chi connectivity index (χ2v) is 8.46. The van der Waals surface area contributed by atoms with Crippen LogP contribution in [0.2, 0.25) is 0 Å². The van der Waals surface area contributed by atoms with Crippen LogP contribution in [0, 0.1) is 0 Å². The standard InChI is InChI=1S/C28H29NO4/c1-18(2)19-9-11-21(12-10-19)26-25(20-13-15-23(32-3)16-14-20)27(30)28(31)29(26)17-22-7-5-6-8-24(22)33-4/h5-16,18,26,30H,17H2,1-4H3. The number of aliphatic hydroxyl groups excluding tert-OH is 1. The van der Waals surface area contributed by atoms with E-state index in [9.17, 15) is 9.90 Å². The molecule has 1 heterocycles. The molecule has 170 valence electrons. The number of carbonyl (C=O) groups excluding carboxylic acids is 1. The zero-order valence-electron chi connectivity index (χ0n) is 19.4. The second kappa shape index (κ2) is 9.41. The molecule has 0 aromatic heterocycles. The van der Waals surface area contributed by atoms with Gasteiger partial charge in [-0.15, -0.1) is 0 Å². The molecule has 0 saturated carbocycles. The molecule has 1 amide bonds. The van der Waals surface area contributed by atoms with E-state index in [1.165, 1.54) is 5.56 Å². The van der Waals surface area contributed by atoms with Crippen LogP contribution in [0.4, 0.5) is 0 Å². The molecule has 0 saturated heterocycles. The quantitative estimate of drug-likeness (QED) is 0.495. The number of nitrogens with zero attached hydrogens (tertiary/aromatic N) is 1. The Morgan fingerprint density at radius 3 is 2.18 bits per heavy atom. The highest BCUT2D eigenvalue weighted by Gasteiger charge is 2.41. The van der Waals surface area contributed by atoms with E-state index in [1.54, 1.807) is 19.1 Å². The van der Waals surface area contributed by atoms with Gasteiger partial charge in [0, 0.05) is 11.1 Å². The summed E-state index contributed by atoms with van der Waals surface area (Å²) >= 11 is 0. The van der Waals surface area contributed by atoms with Gasteiger partial charge >= 0.3 is 0 Å². The number of amides is 1. The Balaban J connectivity index is 1.81. The summed E-state index contributed by atoms with van der Waals surface area (Å²) in [5, 5.41) is 11.0. The summed E-state index contributed by atoms with van der Waals surface area (Å²) in [6.45, 7) is 4.61. The van der Waals surface area contributed by atoms with E-state index in [4.69, 9.17) is 9.47 Å². The van der Waals surface area contributed by atoms with Crippen LogP contribution in [-0.2, 0) is 11.3 Å². The number of carbonyl (C=O) groups is 1. The fourth-order valence-corrected chi connectivity index (χ4v) is 4.31. The summed E-state index contributed by atoms with van der Waals surface area (Å²) in [5.74, 6) is 1.19. The molecule has 1 aliphatic heterocycles. The Labute approximate surface area is 194 Å². The maximum atomic E-state index is 13.3. The molecule has 4 rings (SSSR count). The highest BCUT2D eigenvalue weighted by Crippen LogP contribution is 2.44. The number of benzene rings is 3. The Morgan fingerprint density at radius 2 is 1.58 bits per heavy atom. The monoisotopic (exact) mass is 443 g/mol. The van der Waals surface area contributed by atoms with Crippen LogP contribution >= 0.6 is 0 Å². The Bertz CT molecular complexity index is 1160. The van der Waals surface area contributed by atoms with Crippen LogP contribution in [-0.4, -0.2) is 30.1 Å². The van der Waals surface area contributed by atoms with Crippen molar-refractivity contribution in [2.45, 2.75) is 32.4 Å². The van der Waals surface area contributed by atoms with Gasteiger partial charge in [-0.2, -0.15) is 0 Å². The molecular weight excluding hydrogens is 414 g/mol. The van der Waals surface area contributed by atoms with E-state index in [2.05, 4.69) is 26.0 Å². The summed E-state index contributed by atoms with van der Waals surface area (Å²) in [4.78, 5) is 15.0. The molecule has 0 bridgehead atoms. The van der Waals surface area contributed by atoms with Crippen molar-refractivity contribution < 1.29 is 19.4 Å². The number of ether oxygens (including phenoxy) is 2. The maximum absolute atomic E-state index is 13.3. The van der Waals surface area contributed by atoms with Crippen molar-refractivity contribution in [3.05, 3.63) is 101 Å². The lowest BCUT2D eigenvalue weighted by Gasteiger charge is -2.28. The minimum Gasteiger partial charge on any atom is -0.503 e. The van der Waals surface area contributed by atoms with Gasteiger partial charge in [0.1, 0.15) is 11.5 Å². The summed E-state index contributed by atoms with van der Waals surface area (Å²) in [7, 11) is 3.23. The molecule has 0 spiro atoms. The average Bonchev–Trinajstić information content (AvgIpc) is 3.09. The zero-order chi connectivity index (χ0) is 23.5. The molecule has 33 heavy (non-hydrogen) atoms. The van der Waals surface area contributed by atoms with Gasteiger partial charge in [0.15, 0.2) is 5.76 Å². The smallest absolute Gasteiger partial charge is 0.290 e. The third-order valence-electron chi connectivity index (χ3n) is 6.16. The molecule has 3 aromatic carbocycles. The lowest BCUT2D eigenvalue weighted by molar-refractivity contribution is -0.130. The minimum absolute atomic E-state index is 0.229. The first kappa shape index (κ1) is 22.5. The van der Waals surface area contributed by atoms with Crippen LogP contribution in [0.1, 0.15) is 48.1 Å². The van der Waals surface area contributed by atoms with Gasteiger partial charge in [0.25, 0.3) is 5.91 Å². The van der Waals surface area contributed by atoms with Crippen LogP contribution in [0.5, 0.6) is 11.5 Å². The first-order valence-corrected chi connectivity index (χ1v) is 11.0. The maximum Gasteiger partial charge on any atom is 0.290 e. The molecule has 5 heteroatoms. The van der Waals surface area contributed by atoms with E-state index in [1.807, 2.05) is 60.7 Å².